The lowest BCUT2D eigenvalue weighted by Crippen LogP contribution is -2.37. The number of anilines is 2. The van der Waals surface area contributed by atoms with Gasteiger partial charge in [0.1, 0.15) is 5.58 Å². The molecule has 1 aliphatic rings. The monoisotopic (exact) mass is 468 g/mol. The quantitative estimate of drug-likeness (QED) is 0.460. The van der Waals surface area contributed by atoms with Gasteiger partial charge in [0.15, 0.2) is 11.3 Å². The molecule has 0 radical (unpaired) electrons. The van der Waals surface area contributed by atoms with E-state index in [9.17, 15) is 14.7 Å². The van der Waals surface area contributed by atoms with E-state index in [1.54, 1.807) is 18.2 Å². The van der Waals surface area contributed by atoms with E-state index >= 15 is 0 Å². The van der Waals surface area contributed by atoms with Crippen LogP contribution in [0.2, 0.25) is 5.02 Å². The molecule has 7 heteroatoms. The normalized spacial score (nSPS) is 16.6. The Hall–Kier alpha value is -2.99. The van der Waals surface area contributed by atoms with Crippen LogP contribution >= 0.6 is 11.6 Å². The summed E-state index contributed by atoms with van der Waals surface area (Å²) in [5, 5.41) is 13.6. The van der Waals surface area contributed by atoms with Gasteiger partial charge in [0.25, 0.3) is 0 Å². The molecule has 2 heterocycles. The van der Waals surface area contributed by atoms with Crippen LogP contribution in [0.5, 0.6) is 0 Å². The average Bonchev–Trinajstić information content (AvgIpc) is 2.74. The summed E-state index contributed by atoms with van der Waals surface area (Å²) in [7, 11) is 0. The van der Waals surface area contributed by atoms with Gasteiger partial charge in [0.05, 0.1) is 27.7 Å². The highest BCUT2D eigenvalue weighted by Crippen LogP contribution is 2.35. The van der Waals surface area contributed by atoms with Crippen molar-refractivity contribution in [3.05, 3.63) is 68.3 Å². The van der Waals surface area contributed by atoms with Crippen molar-refractivity contribution in [2.45, 2.75) is 46.6 Å². The van der Waals surface area contributed by atoms with Crippen LogP contribution in [0.15, 0.2) is 45.6 Å². The molecule has 0 bridgehead atoms. The first-order valence-electron chi connectivity index (χ1n) is 11.2. The fraction of sp³-hybridized carbons (Fsp3) is 0.385. The first kappa shape index (κ1) is 23.2. The number of nitrogens with one attached hydrogen (secondary N) is 1. The van der Waals surface area contributed by atoms with Gasteiger partial charge in [-0.2, -0.15) is 0 Å². The van der Waals surface area contributed by atoms with E-state index in [0.29, 0.717) is 27.6 Å². The summed E-state index contributed by atoms with van der Waals surface area (Å²) in [6.07, 6.45) is 2.05. The number of carboxylic acids is 1. The zero-order valence-electron chi connectivity index (χ0n) is 19.4. The SMILES string of the molecule is Cc1cc(C(C)Nc2c(Cl)cccc2C(=O)O)c2oc(N3CCC(C)(C)CC3)cc(=O)c2c1. The van der Waals surface area contributed by atoms with E-state index < -0.39 is 5.97 Å². The van der Waals surface area contributed by atoms with Crippen molar-refractivity contribution in [2.75, 3.05) is 23.3 Å². The highest BCUT2D eigenvalue weighted by molar-refractivity contribution is 6.34. The van der Waals surface area contributed by atoms with Gasteiger partial charge in [-0.15, -0.1) is 0 Å². The van der Waals surface area contributed by atoms with Crippen molar-refractivity contribution in [1.82, 2.24) is 0 Å². The summed E-state index contributed by atoms with van der Waals surface area (Å²) in [5.74, 6) is -0.493. The van der Waals surface area contributed by atoms with Crippen molar-refractivity contribution in [1.29, 1.82) is 0 Å². The molecular weight excluding hydrogens is 440 g/mol. The summed E-state index contributed by atoms with van der Waals surface area (Å²) >= 11 is 6.32. The molecule has 174 valence electrons. The van der Waals surface area contributed by atoms with Gasteiger partial charge in [-0.05, 0) is 55.9 Å². The van der Waals surface area contributed by atoms with Gasteiger partial charge in [-0.3, -0.25) is 4.79 Å². The third-order valence-electron chi connectivity index (χ3n) is 6.49. The number of carbonyl (C=O) groups is 1. The van der Waals surface area contributed by atoms with Crippen LogP contribution in [0, 0.1) is 12.3 Å². The summed E-state index contributed by atoms with van der Waals surface area (Å²) < 4.78 is 6.34. The zero-order valence-corrected chi connectivity index (χ0v) is 20.1. The lowest BCUT2D eigenvalue weighted by Gasteiger charge is -2.37. The van der Waals surface area contributed by atoms with E-state index in [1.807, 2.05) is 26.0 Å². The molecule has 1 saturated heterocycles. The minimum atomic E-state index is -1.07. The smallest absolute Gasteiger partial charge is 0.337 e. The average molecular weight is 469 g/mol. The number of benzene rings is 2. The van der Waals surface area contributed by atoms with Crippen LogP contribution in [0.25, 0.3) is 11.0 Å². The predicted molar refractivity (Wildman–Crippen MR) is 133 cm³/mol. The molecule has 3 aromatic rings. The second-order valence-corrected chi connectivity index (χ2v) is 10.1. The second-order valence-electron chi connectivity index (χ2n) is 9.66. The Morgan fingerprint density at radius 1 is 1.21 bits per heavy atom. The maximum absolute atomic E-state index is 13.0. The lowest BCUT2D eigenvalue weighted by atomic mass is 9.83. The summed E-state index contributed by atoms with van der Waals surface area (Å²) in [6.45, 7) is 10.0. The molecule has 2 N–H and O–H groups in total. The number of hydrogen-bond acceptors (Lipinski definition) is 5. The van der Waals surface area contributed by atoms with E-state index in [2.05, 4.69) is 24.1 Å². The summed E-state index contributed by atoms with van der Waals surface area (Å²) in [4.78, 5) is 26.9. The molecule has 33 heavy (non-hydrogen) atoms. The molecule has 2 aromatic carbocycles. The predicted octanol–water partition coefficient (Wildman–Crippen LogP) is 6.25. The Balaban J connectivity index is 1.77. The fourth-order valence-corrected chi connectivity index (χ4v) is 4.60. The van der Waals surface area contributed by atoms with Crippen molar-refractivity contribution < 1.29 is 14.3 Å². The van der Waals surface area contributed by atoms with Crippen LogP contribution in [0.4, 0.5) is 11.6 Å². The van der Waals surface area contributed by atoms with Gasteiger partial charge in [-0.1, -0.05) is 37.6 Å². The highest BCUT2D eigenvalue weighted by atomic mass is 35.5. The van der Waals surface area contributed by atoms with Gasteiger partial charge < -0.3 is 19.7 Å². The third-order valence-corrected chi connectivity index (χ3v) is 6.80. The highest BCUT2D eigenvalue weighted by Gasteiger charge is 2.27. The Morgan fingerprint density at radius 2 is 1.91 bits per heavy atom. The van der Waals surface area contributed by atoms with E-state index in [0.717, 1.165) is 37.1 Å². The first-order valence-corrected chi connectivity index (χ1v) is 11.6. The van der Waals surface area contributed by atoms with Crippen molar-refractivity contribution in [3.63, 3.8) is 0 Å². The van der Waals surface area contributed by atoms with Crippen molar-refractivity contribution in [3.8, 4) is 0 Å². The molecule has 0 spiro atoms. The van der Waals surface area contributed by atoms with Crippen LogP contribution in [-0.2, 0) is 0 Å². The maximum atomic E-state index is 13.0. The number of para-hydroxylation sites is 1. The minimum absolute atomic E-state index is 0.0859. The zero-order chi connectivity index (χ0) is 23.9. The summed E-state index contributed by atoms with van der Waals surface area (Å²) in [6, 6.07) is 9.78. The molecule has 0 amide bonds. The second kappa shape index (κ2) is 8.75. The number of aryl methyl sites for hydroxylation is 1. The number of nitrogens with zero attached hydrogens (tertiary/aromatic N) is 1. The number of aromatic carboxylic acids is 1. The van der Waals surface area contributed by atoms with Crippen LogP contribution < -0.4 is 15.6 Å². The number of halogens is 1. The molecule has 1 unspecified atom stereocenters. The van der Waals surface area contributed by atoms with Crippen molar-refractivity contribution in [2.24, 2.45) is 5.41 Å². The molecule has 0 aliphatic carbocycles. The fourth-order valence-electron chi connectivity index (χ4n) is 4.38. The Morgan fingerprint density at radius 3 is 2.58 bits per heavy atom. The topological polar surface area (TPSA) is 82.8 Å². The minimum Gasteiger partial charge on any atom is -0.478 e. The number of carboxylic acid groups (broad SMARTS) is 1. The molecule has 1 aromatic heterocycles. The van der Waals surface area contributed by atoms with Crippen LogP contribution in [0.3, 0.4) is 0 Å². The van der Waals surface area contributed by atoms with Gasteiger partial charge in [-0.25, -0.2) is 4.79 Å². The van der Waals surface area contributed by atoms with Gasteiger partial charge in [0.2, 0.25) is 0 Å². The number of piperidine rings is 1. The molecule has 1 fully saturated rings. The van der Waals surface area contributed by atoms with Crippen molar-refractivity contribution >= 4 is 40.1 Å². The van der Waals surface area contributed by atoms with Gasteiger partial charge >= 0.3 is 5.97 Å². The first-order chi connectivity index (χ1) is 15.6. The van der Waals surface area contributed by atoms with E-state index in [4.69, 9.17) is 16.0 Å². The molecule has 6 nitrogen and oxygen atoms in total. The molecule has 0 saturated carbocycles. The van der Waals surface area contributed by atoms with Gasteiger partial charge in [0, 0.05) is 24.7 Å². The van der Waals surface area contributed by atoms with Crippen LogP contribution in [0.1, 0.15) is 61.1 Å². The largest absolute Gasteiger partial charge is 0.478 e. The Labute approximate surface area is 198 Å². The number of rotatable bonds is 5. The third kappa shape index (κ3) is 4.71. The van der Waals surface area contributed by atoms with Crippen LogP contribution in [-0.4, -0.2) is 24.2 Å². The molecule has 1 aliphatic heterocycles. The van der Waals surface area contributed by atoms with E-state index in [-0.39, 0.29) is 22.4 Å². The number of fused-ring (bicyclic) bond motifs is 1. The summed E-state index contributed by atoms with van der Waals surface area (Å²) in [5.41, 5.74) is 2.83. The Bertz CT molecular complexity index is 1270. The standard InChI is InChI=1S/C26H29ClN2O4/c1-15-12-18(16(2)28-23-17(25(31)32)6-5-7-20(23)27)24-19(13-15)21(30)14-22(33-24)29-10-8-26(3,4)9-11-29/h5-7,12-14,16,28H,8-11H2,1-4H3,(H,31,32). The number of hydrogen-bond donors (Lipinski definition) is 2. The molecule has 1 atom stereocenters. The van der Waals surface area contributed by atoms with E-state index in [1.165, 1.54) is 6.07 Å². The molecular formula is C26H29ClN2O4. The lowest BCUT2D eigenvalue weighted by molar-refractivity contribution is 0.0698. The molecule has 4 rings (SSSR count). The Kier molecular flexibility index (Phi) is 6.14. The maximum Gasteiger partial charge on any atom is 0.337 e.